The van der Waals surface area contributed by atoms with Crippen molar-refractivity contribution in [3.8, 4) is 6.07 Å². The molecular formula is C13H14N2O2. The van der Waals surface area contributed by atoms with Gasteiger partial charge in [0.1, 0.15) is 0 Å². The number of nitrogens with zero attached hydrogens (tertiary/aromatic N) is 2. The zero-order valence-corrected chi connectivity index (χ0v) is 9.47. The standard InChI is InChI=1S/C13H14N2O2/c1-11(13(16)17)10-15(9-5-8-14)12-6-3-2-4-7-12/h2-4,6-7H,1,5,9-10H2,(H,16,17). The minimum absolute atomic E-state index is 0.117. The molecule has 1 rings (SSSR count). The van der Waals surface area contributed by atoms with Crippen molar-refractivity contribution in [3.05, 3.63) is 42.5 Å². The summed E-state index contributed by atoms with van der Waals surface area (Å²) in [7, 11) is 0. The van der Waals surface area contributed by atoms with Crippen molar-refractivity contribution in [2.45, 2.75) is 6.42 Å². The Bertz CT molecular complexity index is 434. The molecular weight excluding hydrogens is 216 g/mol. The second-order valence-electron chi connectivity index (χ2n) is 3.57. The molecule has 4 heteroatoms. The topological polar surface area (TPSA) is 64.3 Å². The number of anilines is 1. The molecule has 0 atom stereocenters. The molecule has 0 fully saturated rings. The lowest BCUT2D eigenvalue weighted by molar-refractivity contribution is -0.132. The predicted molar refractivity (Wildman–Crippen MR) is 65.7 cm³/mol. The maximum atomic E-state index is 10.7. The molecule has 4 nitrogen and oxygen atoms in total. The third-order valence-corrected chi connectivity index (χ3v) is 2.30. The van der Waals surface area contributed by atoms with E-state index < -0.39 is 5.97 Å². The van der Waals surface area contributed by atoms with Crippen LogP contribution in [0, 0.1) is 11.3 Å². The van der Waals surface area contributed by atoms with Gasteiger partial charge in [-0.05, 0) is 12.1 Å². The minimum Gasteiger partial charge on any atom is -0.478 e. The van der Waals surface area contributed by atoms with Crippen LogP contribution in [0.5, 0.6) is 0 Å². The highest BCUT2D eigenvalue weighted by Gasteiger charge is 2.11. The van der Waals surface area contributed by atoms with Gasteiger partial charge in [-0.25, -0.2) is 4.79 Å². The highest BCUT2D eigenvalue weighted by Crippen LogP contribution is 2.14. The van der Waals surface area contributed by atoms with Gasteiger partial charge < -0.3 is 10.0 Å². The van der Waals surface area contributed by atoms with E-state index in [1.165, 1.54) is 0 Å². The summed E-state index contributed by atoms with van der Waals surface area (Å²) in [5, 5.41) is 17.4. The summed E-state index contributed by atoms with van der Waals surface area (Å²) in [5.74, 6) is -1.01. The van der Waals surface area contributed by atoms with Crippen LogP contribution in [0.25, 0.3) is 0 Å². The van der Waals surface area contributed by atoms with Gasteiger partial charge in [0.15, 0.2) is 0 Å². The van der Waals surface area contributed by atoms with Crippen LogP contribution >= 0.6 is 0 Å². The Morgan fingerprint density at radius 3 is 2.59 bits per heavy atom. The zero-order valence-electron chi connectivity index (χ0n) is 9.47. The summed E-state index contributed by atoms with van der Waals surface area (Å²) in [6.07, 6.45) is 0.349. The van der Waals surface area contributed by atoms with Gasteiger partial charge in [-0.15, -0.1) is 0 Å². The normalized spacial score (nSPS) is 9.35. The van der Waals surface area contributed by atoms with Gasteiger partial charge in [0.05, 0.1) is 12.5 Å². The fourth-order valence-electron chi connectivity index (χ4n) is 1.42. The van der Waals surface area contributed by atoms with Crippen molar-refractivity contribution < 1.29 is 9.90 Å². The average Bonchev–Trinajstić information content (AvgIpc) is 2.35. The number of carboxylic acid groups (broad SMARTS) is 1. The molecule has 0 aliphatic carbocycles. The largest absolute Gasteiger partial charge is 0.478 e. The van der Waals surface area contributed by atoms with Crippen LogP contribution in [0.3, 0.4) is 0 Å². The molecule has 17 heavy (non-hydrogen) atoms. The number of carboxylic acids is 1. The molecule has 0 bridgehead atoms. The number of nitriles is 1. The Kier molecular flexibility index (Phi) is 4.77. The van der Waals surface area contributed by atoms with E-state index in [1.54, 1.807) is 0 Å². The van der Waals surface area contributed by atoms with Gasteiger partial charge in [-0.1, -0.05) is 24.8 Å². The molecule has 0 saturated heterocycles. The summed E-state index contributed by atoms with van der Waals surface area (Å²) in [5.41, 5.74) is 1.01. The Morgan fingerprint density at radius 1 is 1.41 bits per heavy atom. The molecule has 1 aromatic rings. The van der Waals surface area contributed by atoms with Crippen molar-refractivity contribution in [1.29, 1.82) is 5.26 Å². The van der Waals surface area contributed by atoms with E-state index in [9.17, 15) is 4.79 Å². The summed E-state index contributed by atoms with van der Waals surface area (Å²) < 4.78 is 0. The summed E-state index contributed by atoms with van der Waals surface area (Å²) >= 11 is 0. The van der Waals surface area contributed by atoms with Crippen LogP contribution in [0.4, 0.5) is 5.69 Å². The number of benzene rings is 1. The van der Waals surface area contributed by atoms with Gasteiger partial charge in [0.2, 0.25) is 0 Å². The van der Waals surface area contributed by atoms with E-state index >= 15 is 0 Å². The Morgan fingerprint density at radius 2 is 2.06 bits per heavy atom. The molecule has 0 saturated carbocycles. The number of rotatable bonds is 6. The molecule has 0 unspecified atom stereocenters. The first-order valence-corrected chi connectivity index (χ1v) is 5.23. The minimum atomic E-state index is -1.01. The first kappa shape index (κ1) is 12.8. The van der Waals surface area contributed by atoms with Crippen LogP contribution in [-0.4, -0.2) is 24.2 Å². The van der Waals surface area contributed by atoms with E-state index in [0.29, 0.717) is 13.0 Å². The van der Waals surface area contributed by atoms with E-state index in [-0.39, 0.29) is 12.1 Å². The SMILES string of the molecule is C=C(CN(CCC#N)c1ccccc1)C(=O)O. The zero-order chi connectivity index (χ0) is 12.7. The lowest BCUT2D eigenvalue weighted by atomic mass is 10.2. The van der Waals surface area contributed by atoms with Crippen LogP contribution < -0.4 is 4.90 Å². The van der Waals surface area contributed by atoms with Gasteiger partial charge in [-0.3, -0.25) is 0 Å². The van der Waals surface area contributed by atoms with Gasteiger partial charge in [0, 0.05) is 24.4 Å². The van der Waals surface area contributed by atoms with E-state index in [1.807, 2.05) is 35.2 Å². The Labute approximate surface area is 100 Å². The molecule has 1 N–H and O–H groups in total. The Hall–Kier alpha value is -2.28. The molecule has 0 spiro atoms. The van der Waals surface area contributed by atoms with E-state index in [0.717, 1.165) is 5.69 Å². The smallest absolute Gasteiger partial charge is 0.332 e. The summed E-state index contributed by atoms with van der Waals surface area (Å²) in [6.45, 7) is 4.22. The average molecular weight is 230 g/mol. The molecule has 0 heterocycles. The van der Waals surface area contributed by atoms with Crippen LogP contribution in [0.15, 0.2) is 42.5 Å². The molecule has 0 aliphatic heterocycles. The highest BCUT2D eigenvalue weighted by atomic mass is 16.4. The van der Waals surface area contributed by atoms with Gasteiger partial charge >= 0.3 is 5.97 Å². The maximum absolute atomic E-state index is 10.7. The van der Waals surface area contributed by atoms with Gasteiger partial charge in [0.25, 0.3) is 0 Å². The maximum Gasteiger partial charge on any atom is 0.332 e. The van der Waals surface area contributed by atoms with Crippen LogP contribution in [0.1, 0.15) is 6.42 Å². The first-order valence-electron chi connectivity index (χ1n) is 5.23. The molecule has 88 valence electrons. The summed E-state index contributed by atoms with van der Waals surface area (Å²) in [6, 6.07) is 11.4. The van der Waals surface area contributed by atoms with Crippen molar-refractivity contribution in [1.82, 2.24) is 0 Å². The van der Waals surface area contributed by atoms with Crippen LogP contribution in [0.2, 0.25) is 0 Å². The molecule has 0 aliphatic rings. The van der Waals surface area contributed by atoms with Crippen molar-refractivity contribution in [2.24, 2.45) is 0 Å². The number of carbonyl (C=O) groups is 1. The Balaban J connectivity index is 2.78. The van der Waals surface area contributed by atoms with Crippen molar-refractivity contribution in [3.63, 3.8) is 0 Å². The first-order chi connectivity index (χ1) is 8.15. The van der Waals surface area contributed by atoms with Crippen molar-refractivity contribution >= 4 is 11.7 Å². The fourth-order valence-corrected chi connectivity index (χ4v) is 1.42. The van der Waals surface area contributed by atoms with Gasteiger partial charge in [-0.2, -0.15) is 5.26 Å². The van der Waals surface area contributed by atoms with E-state index in [4.69, 9.17) is 10.4 Å². The number of hydrogen-bond donors (Lipinski definition) is 1. The summed E-state index contributed by atoms with van der Waals surface area (Å²) in [4.78, 5) is 12.6. The number of hydrogen-bond acceptors (Lipinski definition) is 3. The lowest BCUT2D eigenvalue weighted by Gasteiger charge is -2.23. The molecule has 0 radical (unpaired) electrons. The van der Waals surface area contributed by atoms with Crippen LogP contribution in [-0.2, 0) is 4.79 Å². The second kappa shape index (κ2) is 6.33. The second-order valence-corrected chi connectivity index (χ2v) is 3.57. The third kappa shape index (κ3) is 3.99. The molecule has 1 aromatic carbocycles. The highest BCUT2D eigenvalue weighted by molar-refractivity contribution is 5.87. The lowest BCUT2D eigenvalue weighted by Crippen LogP contribution is -2.28. The monoisotopic (exact) mass is 230 g/mol. The number of para-hydroxylation sites is 1. The fraction of sp³-hybridized carbons (Fsp3) is 0.231. The third-order valence-electron chi connectivity index (χ3n) is 2.30. The van der Waals surface area contributed by atoms with E-state index in [2.05, 4.69) is 12.6 Å². The quantitative estimate of drug-likeness (QED) is 0.759. The molecule has 0 amide bonds. The predicted octanol–water partition coefficient (Wildman–Crippen LogP) is 2.05. The molecule has 0 aromatic heterocycles. The van der Waals surface area contributed by atoms with Crippen molar-refractivity contribution in [2.75, 3.05) is 18.0 Å². The number of aliphatic carboxylic acids is 1.